The molecule has 0 radical (unpaired) electrons. The first-order chi connectivity index (χ1) is 6.38. The van der Waals surface area contributed by atoms with Crippen LogP contribution >= 0.6 is 23.2 Å². The summed E-state index contributed by atoms with van der Waals surface area (Å²) in [5.41, 5.74) is 0.199. The fourth-order valence-corrected chi connectivity index (χ4v) is 1.34. The maximum atomic E-state index is 5.95. The number of pyridine rings is 1. The third kappa shape index (κ3) is 3.72. The predicted molar refractivity (Wildman–Crippen MR) is 62.2 cm³/mol. The van der Waals surface area contributed by atoms with Gasteiger partial charge in [-0.3, -0.25) is 0 Å². The molecular weight excluding hydrogens is 219 g/mol. The van der Waals surface area contributed by atoms with Crippen molar-refractivity contribution >= 4 is 29.0 Å². The van der Waals surface area contributed by atoms with Gasteiger partial charge in [0.1, 0.15) is 5.82 Å². The zero-order chi connectivity index (χ0) is 10.8. The number of hydrogen-bond acceptors (Lipinski definition) is 2. The van der Waals surface area contributed by atoms with Crippen LogP contribution in [0.3, 0.4) is 0 Å². The maximum Gasteiger partial charge on any atom is 0.144 e. The van der Waals surface area contributed by atoms with Crippen LogP contribution in [0.1, 0.15) is 20.8 Å². The van der Waals surface area contributed by atoms with Gasteiger partial charge < -0.3 is 5.32 Å². The molecule has 0 spiro atoms. The SMILES string of the molecule is CC(C)(C)CNc1ncc(Cl)cc1Cl. The summed E-state index contributed by atoms with van der Waals surface area (Å²) >= 11 is 11.7. The van der Waals surface area contributed by atoms with Gasteiger partial charge in [0.05, 0.1) is 10.0 Å². The van der Waals surface area contributed by atoms with E-state index in [0.29, 0.717) is 15.9 Å². The smallest absolute Gasteiger partial charge is 0.144 e. The van der Waals surface area contributed by atoms with E-state index in [2.05, 4.69) is 31.1 Å². The lowest BCUT2D eigenvalue weighted by molar-refractivity contribution is 0.442. The highest BCUT2D eigenvalue weighted by atomic mass is 35.5. The first-order valence-electron chi connectivity index (χ1n) is 4.43. The van der Waals surface area contributed by atoms with Gasteiger partial charge in [-0.15, -0.1) is 0 Å². The van der Waals surface area contributed by atoms with Crippen LogP contribution in [-0.2, 0) is 0 Å². The molecule has 14 heavy (non-hydrogen) atoms. The van der Waals surface area contributed by atoms with Crippen LogP contribution in [0, 0.1) is 5.41 Å². The van der Waals surface area contributed by atoms with Crippen molar-refractivity contribution in [2.75, 3.05) is 11.9 Å². The molecule has 0 bridgehead atoms. The molecule has 0 fully saturated rings. The zero-order valence-electron chi connectivity index (χ0n) is 8.56. The third-order valence-electron chi connectivity index (χ3n) is 1.59. The molecule has 1 rings (SSSR count). The summed E-state index contributed by atoms with van der Waals surface area (Å²) in [7, 11) is 0. The van der Waals surface area contributed by atoms with Gasteiger partial charge in [0.15, 0.2) is 0 Å². The Morgan fingerprint density at radius 3 is 2.50 bits per heavy atom. The van der Waals surface area contributed by atoms with E-state index in [1.807, 2.05) is 0 Å². The van der Waals surface area contributed by atoms with E-state index in [1.54, 1.807) is 12.3 Å². The highest BCUT2D eigenvalue weighted by Crippen LogP contribution is 2.23. The van der Waals surface area contributed by atoms with Gasteiger partial charge in [0.25, 0.3) is 0 Å². The molecule has 1 aromatic heterocycles. The van der Waals surface area contributed by atoms with Crippen molar-refractivity contribution in [2.24, 2.45) is 5.41 Å². The van der Waals surface area contributed by atoms with Crippen molar-refractivity contribution in [2.45, 2.75) is 20.8 Å². The molecule has 4 heteroatoms. The number of rotatable bonds is 2. The van der Waals surface area contributed by atoms with Gasteiger partial charge in [-0.25, -0.2) is 4.98 Å². The molecular formula is C10H14Cl2N2. The highest BCUT2D eigenvalue weighted by Gasteiger charge is 2.11. The minimum Gasteiger partial charge on any atom is -0.368 e. The zero-order valence-corrected chi connectivity index (χ0v) is 10.1. The van der Waals surface area contributed by atoms with E-state index in [9.17, 15) is 0 Å². The topological polar surface area (TPSA) is 24.9 Å². The number of nitrogens with zero attached hydrogens (tertiary/aromatic N) is 1. The Hall–Kier alpha value is -0.470. The lowest BCUT2D eigenvalue weighted by Gasteiger charge is -2.19. The van der Waals surface area contributed by atoms with Crippen molar-refractivity contribution < 1.29 is 0 Å². The quantitative estimate of drug-likeness (QED) is 0.839. The molecule has 2 nitrogen and oxygen atoms in total. The Morgan fingerprint density at radius 1 is 1.36 bits per heavy atom. The van der Waals surface area contributed by atoms with Crippen LogP contribution in [0.2, 0.25) is 10.0 Å². The number of nitrogens with one attached hydrogen (secondary N) is 1. The lowest BCUT2D eigenvalue weighted by atomic mass is 9.97. The van der Waals surface area contributed by atoms with Gasteiger partial charge in [0, 0.05) is 12.7 Å². The minimum absolute atomic E-state index is 0.199. The van der Waals surface area contributed by atoms with Crippen molar-refractivity contribution in [1.29, 1.82) is 0 Å². The fourth-order valence-electron chi connectivity index (χ4n) is 0.894. The Bertz CT molecular complexity index is 318. The standard InChI is InChI=1S/C10H14Cl2N2/c1-10(2,3)6-14-9-8(12)4-7(11)5-13-9/h4-5H,6H2,1-3H3,(H,13,14). The predicted octanol–water partition coefficient (Wildman–Crippen LogP) is 3.85. The van der Waals surface area contributed by atoms with E-state index >= 15 is 0 Å². The van der Waals surface area contributed by atoms with E-state index in [0.717, 1.165) is 6.54 Å². The molecule has 0 saturated carbocycles. The average Bonchev–Trinajstić information content (AvgIpc) is 2.00. The second kappa shape index (κ2) is 4.37. The maximum absolute atomic E-state index is 5.95. The van der Waals surface area contributed by atoms with Crippen molar-refractivity contribution in [3.8, 4) is 0 Å². The monoisotopic (exact) mass is 232 g/mol. The van der Waals surface area contributed by atoms with Crippen LogP contribution in [0.25, 0.3) is 0 Å². The van der Waals surface area contributed by atoms with Crippen LogP contribution in [-0.4, -0.2) is 11.5 Å². The van der Waals surface area contributed by atoms with Gasteiger partial charge in [-0.2, -0.15) is 0 Å². The summed E-state index contributed by atoms with van der Waals surface area (Å²) in [6.07, 6.45) is 1.58. The second-order valence-electron chi connectivity index (χ2n) is 4.40. The van der Waals surface area contributed by atoms with E-state index in [1.165, 1.54) is 0 Å². The molecule has 1 aromatic rings. The number of anilines is 1. The molecule has 78 valence electrons. The van der Waals surface area contributed by atoms with Crippen LogP contribution in [0.5, 0.6) is 0 Å². The number of hydrogen-bond donors (Lipinski definition) is 1. The molecule has 0 aliphatic heterocycles. The molecule has 0 aliphatic rings. The van der Waals surface area contributed by atoms with Crippen LogP contribution < -0.4 is 5.32 Å². The average molecular weight is 233 g/mol. The number of halogens is 2. The molecule has 0 amide bonds. The Balaban J connectivity index is 2.68. The Kier molecular flexibility index (Phi) is 3.62. The van der Waals surface area contributed by atoms with Gasteiger partial charge >= 0.3 is 0 Å². The van der Waals surface area contributed by atoms with Crippen LogP contribution in [0.15, 0.2) is 12.3 Å². The molecule has 0 aliphatic carbocycles. The molecule has 0 atom stereocenters. The normalized spacial score (nSPS) is 11.5. The summed E-state index contributed by atoms with van der Waals surface area (Å²) in [4.78, 5) is 4.11. The Morgan fingerprint density at radius 2 is 2.00 bits per heavy atom. The largest absolute Gasteiger partial charge is 0.368 e. The highest BCUT2D eigenvalue weighted by molar-refractivity contribution is 6.35. The van der Waals surface area contributed by atoms with Crippen molar-refractivity contribution in [3.05, 3.63) is 22.3 Å². The van der Waals surface area contributed by atoms with Crippen molar-refractivity contribution in [1.82, 2.24) is 4.98 Å². The second-order valence-corrected chi connectivity index (χ2v) is 5.24. The van der Waals surface area contributed by atoms with Gasteiger partial charge in [-0.1, -0.05) is 44.0 Å². The third-order valence-corrected chi connectivity index (χ3v) is 2.09. The summed E-state index contributed by atoms with van der Waals surface area (Å²) < 4.78 is 0. The summed E-state index contributed by atoms with van der Waals surface area (Å²) in [6.45, 7) is 7.25. The molecule has 0 aromatic carbocycles. The van der Waals surface area contributed by atoms with E-state index < -0.39 is 0 Å². The Labute approximate surface area is 94.6 Å². The molecule has 0 saturated heterocycles. The summed E-state index contributed by atoms with van der Waals surface area (Å²) in [5, 5.41) is 4.29. The van der Waals surface area contributed by atoms with Gasteiger partial charge in [0.2, 0.25) is 0 Å². The van der Waals surface area contributed by atoms with E-state index in [4.69, 9.17) is 23.2 Å². The van der Waals surface area contributed by atoms with Gasteiger partial charge in [-0.05, 0) is 11.5 Å². The molecule has 1 heterocycles. The lowest BCUT2D eigenvalue weighted by Crippen LogP contribution is -2.19. The summed E-state index contributed by atoms with van der Waals surface area (Å²) in [5.74, 6) is 0.686. The minimum atomic E-state index is 0.199. The first kappa shape index (κ1) is 11.6. The molecule has 0 unspecified atom stereocenters. The first-order valence-corrected chi connectivity index (χ1v) is 5.19. The molecule has 1 N–H and O–H groups in total. The fraction of sp³-hybridized carbons (Fsp3) is 0.500. The van der Waals surface area contributed by atoms with E-state index in [-0.39, 0.29) is 5.41 Å². The number of aromatic nitrogens is 1. The summed E-state index contributed by atoms with van der Waals surface area (Å²) in [6, 6.07) is 1.68. The van der Waals surface area contributed by atoms with Crippen molar-refractivity contribution in [3.63, 3.8) is 0 Å². The van der Waals surface area contributed by atoms with Crippen LogP contribution in [0.4, 0.5) is 5.82 Å².